The Kier molecular flexibility index (Phi) is 4.98. The van der Waals surface area contributed by atoms with Crippen LogP contribution in [0.5, 0.6) is 0 Å². The molecule has 0 radical (unpaired) electrons. The van der Waals surface area contributed by atoms with Gasteiger partial charge in [-0.1, -0.05) is 0 Å². The second-order valence-corrected chi connectivity index (χ2v) is 6.99. The van der Waals surface area contributed by atoms with E-state index in [4.69, 9.17) is 10.00 Å². The number of aromatic nitrogens is 3. The summed E-state index contributed by atoms with van der Waals surface area (Å²) in [6.45, 7) is 8.70. The van der Waals surface area contributed by atoms with E-state index in [1.165, 1.54) is 16.8 Å². The van der Waals surface area contributed by atoms with Crippen molar-refractivity contribution in [3.8, 4) is 6.07 Å². The second kappa shape index (κ2) is 7.03. The van der Waals surface area contributed by atoms with Crippen LogP contribution in [-0.4, -0.2) is 27.5 Å². The average molecular weight is 341 g/mol. The molecule has 0 saturated carbocycles. The molecule has 0 bridgehead atoms. The van der Waals surface area contributed by atoms with E-state index in [0.717, 1.165) is 37.5 Å². The van der Waals surface area contributed by atoms with E-state index < -0.39 is 0 Å². The van der Waals surface area contributed by atoms with Gasteiger partial charge in [0.15, 0.2) is 0 Å². The minimum absolute atomic E-state index is 0.118. The Morgan fingerprint density at radius 2 is 2.08 bits per heavy atom. The molecule has 1 aliphatic heterocycles. The van der Waals surface area contributed by atoms with Gasteiger partial charge in [0.1, 0.15) is 11.8 Å². The molecule has 1 N–H and O–H groups in total. The lowest BCUT2D eigenvalue weighted by Crippen LogP contribution is -2.25. The molecule has 0 aromatic carbocycles. The number of rotatable bonds is 5. The van der Waals surface area contributed by atoms with E-state index in [9.17, 15) is 0 Å². The monoisotopic (exact) mass is 341 g/mol. The van der Waals surface area contributed by atoms with Crippen molar-refractivity contribution in [2.24, 2.45) is 20.0 Å². The zero-order chi connectivity index (χ0) is 18.1. The summed E-state index contributed by atoms with van der Waals surface area (Å²) in [6, 6.07) is 4.21. The summed E-state index contributed by atoms with van der Waals surface area (Å²) >= 11 is 0. The van der Waals surface area contributed by atoms with Crippen LogP contribution in [0.3, 0.4) is 0 Å². The third-order valence-corrected chi connectivity index (χ3v) is 5.54. The number of nitriles is 1. The van der Waals surface area contributed by atoms with Gasteiger partial charge in [-0.15, -0.1) is 0 Å². The Bertz CT molecular complexity index is 811. The van der Waals surface area contributed by atoms with Crippen LogP contribution in [0.1, 0.15) is 46.4 Å². The van der Waals surface area contributed by atoms with Crippen molar-refractivity contribution < 1.29 is 4.74 Å². The molecular weight excluding hydrogens is 314 g/mol. The van der Waals surface area contributed by atoms with Gasteiger partial charge in [0, 0.05) is 56.7 Å². The molecule has 0 aliphatic carbocycles. The summed E-state index contributed by atoms with van der Waals surface area (Å²) in [6.07, 6.45) is 1.18. The Morgan fingerprint density at radius 3 is 2.68 bits per heavy atom. The van der Waals surface area contributed by atoms with Gasteiger partial charge in [0.25, 0.3) is 0 Å². The largest absolute Gasteiger partial charge is 0.373 e. The highest BCUT2D eigenvalue weighted by Crippen LogP contribution is 2.37. The van der Waals surface area contributed by atoms with Crippen LogP contribution in [0, 0.1) is 38.0 Å². The fourth-order valence-corrected chi connectivity index (χ4v) is 3.80. The van der Waals surface area contributed by atoms with Gasteiger partial charge in [0.05, 0.1) is 11.8 Å². The maximum absolute atomic E-state index is 9.15. The quantitative estimate of drug-likeness (QED) is 0.907. The summed E-state index contributed by atoms with van der Waals surface area (Å²) in [5.41, 5.74) is 6.53. The first-order valence-corrected chi connectivity index (χ1v) is 8.81. The molecule has 1 aliphatic rings. The van der Waals surface area contributed by atoms with E-state index in [2.05, 4.69) is 37.3 Å². The third-order valence-electron chi connectivity index (χ3n) is 5.54. The highest BCUT2D eigenvalue weighted by molar-refractivity contribution is 5.34. The first-order valence-electron chi connectivity index (χ1n) is 8.81. The van der Waals surface area contributed by atoms with E-state index in [0.29, 0.717) is 11.6 Å². The summed E-state index contributed by atoms with van der Waals surface area (Å²) in [5, 5.41) is 17.3. The summed E-state index contributed by atoms with van der Waals surface area (Å²) < 4.78 is 9.94. The minimum atomic E-state index is 0.118. The molecule has 1 saturated heterocycles. The van der Waals surface area contributed by atoms with Gasteiger partial charge < -0.3 is 14.6 Å². The van der Waals surface area contributed by atoms with Gasteiger partial charge >= 0.3 is 0 Å². The van der Waals surface area contributed by atoms with Crippen LogP contribution >= 0.6 is 0 Å². The molecule has 6 heteroatoms. The topological polar surface area (TPSA) is 67.8 Å². The average Bonchev–Trinajstić information content (AvgIpc) is 3.21. The number of nitrogens with one attached hydrogen (secondary N) is 1. The molecule has 3 rings (SSSR count). The van der Waals surface area contributed by atoms with Crippen LogP contribution in [-0.2, 0) is 25.4 Å². The maximum atomic E-state index is 9.15. The zero-order valence-electron chi connectivity index (χ0n) is 15.8. The lowest BCUT2D eigenvalue weighted by Gasteiger charge is -2.20. The number of hydrogen-bond acceptors (Lipinski definition) is 4. The normalized spacial score (nSPS) is 20.2. The standard InChI is InChI=1S/C19H27N5O/c1-12-18(14(3)24(5)22-12)19-15(6-7-25-19)10-21-11-16-8-17(9-20)23(4)13(16)2/h8,15,19,21H,6-7,10-11H2,1-5H3/t15-,19-/m0/s1. The Morgan fingerprint density at radius 1 is 1.32 bits per heavy atom. The molecule has 0 amide bonds. The summed E-state index contributed by atoms with van der Waals surface area (Å²) in [4.78, 5) is 0. The molecular formula is C19H27N5O. The highest BCUT2D eigenvalue weighted by atomic mass is 16.5. The predicted octanol–water partition coefficient (Wildman–Crippen LogP) is 2.42. The van der Waals surface area contributed by atoms with Crippen LogP contribution in [0.25, 0.3) is 0 Å². The van der Waals surface area contributed by atoms with E-state index in [-0.39, 0.29) is 6.10 Å². The van der Waals surface area contributed by atoms with Crippen LogP contribution in [0.2, 0.25) is 0 Å². The fraction of sp³-hybridized carbons (Fsp3) is 0.579. The highest BCUT2D eigenvalue weighted by Gasteiger charge is 2.33. The van der Waals surface area contributed by atoms with Crippen molar-refractivity contribution in [1.82, 2.24) is 19.7 Å². The molecule has 134 valence electrons. The van der Waals surface area contributed by atoms with Gasteiger partial charge in [-0.25, -0.2) is 0 Å². The lowest BCUT2D eigenvalue weighted by molar-refractivity contribution is 0.0893. The van der Waals surface area contributed by atoms with Crippen LogP contribution in [0.4, 0.5) is 0 Å². The number of hydrogen-bond donors (Lipinski definition) is 1. The first-order chi connectivity index (χ1) is 11.9. The molecule has 2 aromatic heterocycles. The Hall–Kier alpha value is -2.10. The molecule has 0 unspecified atom stereocenters. The molecule has 0 spiro atoms. The van der Waals surface area contributed by atoms with Crippen molar-refractivity contribution in [2.75, 3.05) is 13.2 Å². The summed E-state index contributed by atoms with van der Waals surface area (Å²) in [5.74, 6) is 0.445. The Balaban J connectivity index is 1.66. The molecule has 2 atom stereocenters. The van der Waals surface area contributed by atoms with Gasteiger partial charge in [-0.2, -0.15) is 10.4 Å². The molecule has 6 nitrogen and oxygen atoms in total. The summed E-state index contributed by atoms with van der Waals surface area (Å²) in [7, 11) is 3.92. The van der Waals surface area contributed by atoms with Crippen molar-refractivity contribution in [2.45, 2.75) is 39.8 Å². The van der Waals surface area contributed by atoms with Crippen molar-refractivity contribution in [1.29, 1.82) is 5.26 Å². The smallest absolute Gasteiger partial charge is 0.120 e. The predicted molar refractivity (Wildman–Crippen MR) is 96.1 cm³/mol. The van der Waals surface area contributed by atoms with E-state index >= 15 is 0 Å². The molecule has 3 heterocycles. The van der Waals surface area contributed by atoms with Crippen molar-refractivity contribution >= 4 is 0 Å². The van der Waals surface area contributed by atoms with E-state index in [1.807, 2.05) is 29.4 Å². The van der Waals surface area contributed by atoms with Crippen molar-refractivity contribution in [3.05, 3.63) is 40.0 Å². The second-order valence-electron chi connectivity index (χ2n) is 6.99. The SMILES string of the molecule is Cc1nn(C)c(C)c1[C@H]1OCC[C@H]1CNCc1cc(C#N)n(C)c1C. The van der Waals surface area contributed by atoms with E-state index in [1.54, 1.807) is 0 Å². The molecule has 2 aromatic rings. The zero-order valence-corrected chi connectivity index (χ0v) is 15.8. The molecule has 25 heavy (non-hydrogen) atoms. The number of ether oxygens (including phenoxy) is 1. The number of aryl methyl sites for hydroxylation is 2. The van der Waals surface area contributed by atoms with Crippen molar-refractivity contribution in [3.63, 3.8) is 0 Å². The molecule has 1 fully saturated rings. The van der Waals surface area contributed by atoms with Crippen LogP contribution in [0.15, 0.2) is 6.07 Å². The van der Waals surface area contributed by atoms with Gasteiger partial charge in [-0.05, 0) is 38.8 Å². The third kappa shape index (κ3) is 3.22. The minimum Gasteiger partial charge on any atom is -0.373 e. The maximum Gasteiger partial charge on any atom is 0.120 e. The van der Waals surface area contributed by atoms with Gasteiger partial charge in [0.2, 0.25) is 0 Å². The first kappa shape index (κ1) is 17.7. The van der Waals surface area contributed by atoms with Crippen LogP contribution < -0.4 is 5.32 Å². The van der Waals surface area contributed by atoms with Gasteiger partial charge in [-0.3, -0.25) is 4.68 Å². The number of nitrogens with zero attached hydrogens (tertiary/aromatic N) is 4. The Labute approximate surface area is 149 Å². The fourth-order valence-electron chi connectivity index (χ4n) is 3.80. The lowest BCUT2D eigenvalue weighted by atomic mass is 9.94.